The second-order valence-corrected chi connectivity index (χ2v) is 10.2. The predicted molar refractivity (Wildman–Crippen MR) is 149 cm³/mol. The van der Waals surface area contributed by atoms with Gasteiger partial charge in [-0.1, -0.05) is 34.4 Å². The normalized spacial score (nSPS) is 14.9. The summed E-state index contributed by atoms with van der Waals surface area (Å²) in [5.41, 5.74) is 2.04. The van der Waals surface area contributed by atoms with Gasteiger partial charge in [-0.15, -0.1) is 5.10 Å². The third-order valence-electron chi connectivity index (χ3n) is 6.17. The van der Waals surface area contributed by atoms with Crippen molar-refractivity contribution < 1.29 is 9.15 Å². The number of unbranched alkanes of at least 4 members (excludes halogenated alkanes) is 1. The molecule has 37 heavy (non-hydrogen) atoms. The first-order valence-corrected chi connectivity index (χ1v) is 13.4. The second kappa shape index (κ2) is 13.8. The van der Waals surface area contributed by atoms with E-state index in [4.69, 9.17) is 32.4 Å². The summed E-state index contributed by atoms with van der Waals surface area (Å²) in [6.07, 6.45) is 6.02. The van der Waals surface area contributed by atoms with Crippen molar-refractivity contribution in [2.24, 2.45) is 4.99 Å². The van der Waals surface area contributed by atoms with E-state index in [0.29, 0.717) is 28.6 Å². The average Bonchev–Trinajstić information content (AvgIpc) is 3.37. The molecule has 198 valence electrons. The molecule has 10 heteroatoms. The van der Waals surface area contributed by atoms with Crippen LogP contribution >= 0.6 is 23.2 Å². The fraction of sp³-hybridized carbons (Fsp3) is 0.444. The van der Waals surface area contributed by atoms with Crippen molar-refractivity contribution in [3.8, 4) is 17.2 Å². The molecule has 1 fully saturated rings. The lowest BCUT2D eigenvalue weighted by Crippen LogP contribution is -2.42. The maximum absolute atomic E-state index is 6.15. The highest BCUT2D eigenvalue weighted by Crippen LogP contribution is 2.25. The molecule has 0 spiro atoms. The van der Waals surface area contributed by atoms with Crippen LogP contribution < -0.4 is 10.1 Å². The number of halogens is 2. The van der Waals surface area contributed by atoms with Gasteiger partial charge in [0.15, 0.2) is 0 Å². The van der Waals surface area contributed by atoms with Crippen molar-refractivity contribution in [2.45, 2.75) is 38.3 Å². The van der Waals surface area contributed by atoms with Crippen molar-refractivity contribution in [3.05, 3.63) is 58.1 Å². The van der Waals surface area contributed by atoms with E-state index in [1.165, 1.54) is 5.56 Å². The van der Waals surface area contributed by atoms with Crippen LogP contribution in [-0.4, -0.2) is 72.7 Å². The van der Waals surface area contributed by atoms with Gasteiger partial charge in [-0.2, -0.15) is 4.99 Å². The van der Waals surface area contributed by atoms with Crippen molar-refractivity contribution >= 4 is 35.6 Å². The third-order valence-corrected chi connectivity index (χ3v) is 6.90. The molecular weight excluding hydrogens is 511 g/mol. The van der Waals surface area contributed by atoms with Crippen molar-refractivity contribution in [2.75, 3.05) is 40.3 Å². The SMILES string of the molecule is CN(C)C=Nc1nnc(-c2ccc(OCCCCNC3CCN(Cc4ccc(Cl)c(Cl)c4)CC3)cc2)o1. The molecule has 4 rings (SSSR count). The third kappa shape index (κ3) is 8.71. The lowest BCUT2D eigenvalue weighted by atomic mass is 10.0. The van der Waals surface area contributed by atoms with Crippen LogP contribution in [0.15, 0.2) is 51.9 Å². The molecule has 1 N–H and O–H groups in total. The molecule has 3 aromatic rings. The van der Waals surface area contributed by atoms with Crippen LogP contribution in [0, 0.1) is 0 Å². The van der Waals surface area contributed by atoms with Crippen LogP contribution in [0.25, 0.3) is 11.5 Å². The van der Waals surface area contributed by atoms with Crippen LogP contribution in [-0.2, 0) is 6.54 Å². The molecule has 1 saturated heterocycles. The van der Waals surface area contributed by atoms with Crippen LogP contribution in [0.1, 0.15) is 31.2 Å². The Hall–Kier alpha value is -2.65. The number of nitrogens with zero attached hydrogens (tertiary/aromatic N) is 5. The smallest absolute Gasteiger partial charge is 0.344 e. The zero-order valence-electron chi connectivity index (χ0n) is 21.4. The number of ether oxygens (including phenoxy) is 1. The minimum atomic E-state index is 0.228. The number of rotatable bonds is 12. The van der Waals surface area contributed by atoms with E-state index in [9.17, 15) is 0 Å². The van der Waals surface area contributed by atoms with E-state index in [0.717, 1.165) is 63.2 Å². The first-order valence-electron chi connectivity index (χ1n) is 12.6. The van der Waals surface area contributed by atoms with Crippen molar-refractivity contribution in [1.82, 2.24) is 25.3 Å². The van der Waals surface area contributed by atoms with Gasteiger partial charge in [-0.05, 0) is 87.3 Å². The highest BCUT2D eigenvalue weighted by atomic mass is 35.5. The molecule has 0 bridgehead atoms. The van der Waals surface area contributed by atoms with Crippen molar-refractivity contribution in [1.29, 1.82) is 0 Å². The molecule has 0 amide bonds. The second-order valence-electron chi connectivity index (χ2n) is 9.43. The topological polar surface area (TPSA) is 79.0 Å². The summed E-state index contributed by atoms with van der Waals surface area (Å²) >= 11 is 12.2. The molecule has 1 aliphatic rings. The molecule has 0 radical (unpaired) electrons. The molecule has 0 saturated carbocycles. The first-order chi connectivity index (χ1) is 18.0. The molecule has 0 unspecified atom stereocenters. The Labute approximate surface area is 228 Å². The largest absolute Gasteiger partial charge is 0.494 e. The highest BCUT2D eigenvalue weighted by Gasteiger charge is 2.18. The summed E-state index contributed by atoms with van der Waals surface area (Å²) in [5, 5.41) is 12.9. The van der Waals surface area contributed by atoms with Gasteiger partial charge < -0.3 is 19.4 Å². The average molecular weight is 546 g/mol. The zero-order chi connectivity index (χ0) is 26.0. The van der Waals surface area contributed by atoms with Gasteiger partial charge in [0, 0.05) is 32.2 Å². The fourth-order valence-corrected chi connectivity index (χ4v) is 4.48. The summed E-state index contributed by atoms with van der Waals surface area (Å²) in [6.45, 7) is 4.79. The number of likely N-dealkylation sites (tertiary alicyclic amines) is 1. The standard InChI is InChI=1S/C27H34Cl2N6O2/c1-34(2)19-31-27-33-32-26(37-27)21-6-8-23(9-7-21)36-16-4-3-13-30-22-11-14-35(15-12-22)18-20-5-10-24(28)25(29)17-20/h5-10,17,19,22,30H,3-4,11-16,18H2,1-2H3. The Morgan fingerprint density at radius 1 is 1.08 bits per heavy atom. The molecule has 2 aromatic carbocycles. The maximum atomic E-state index is 6.15. The van der Waals surface area contributed by atoms with Crippen LogP contribution in [0.4, 0.5) is 6.01 Å². The van der Waals surface area contributed by atoms with E-state index in [1.807, 2.05) is 50.5 Å². The highest BCUT2D eigenvalue weighted by molar-refractivity contribution is 6.42. The quantitative estimate of drug-likeness (QED) is 0.178. The number of aliphatic imine (C=N–C) groups is 1. The van der Waals surface area contributed by atoms with Gasteiger partial charge in [0.1, 0.15) is 5.75 Å². The molecule has 1 aliphatic heterocycles. The molecule has 8 nitrogen and oxygen atoms in total. The van der Waals surface area contributed by atoms with E-state index < -0.39 is 0 Å². The van der Waals surface area contributed by atoms with Gasteiger partial charge in [0.25, 0.3) is 0 Å². The summed E-state index contributed by atoms with van der Waals surface area (Å²) in [4.78, 5) is 8.39. The van der Waals surface area contributed by atoms with Crippen LogP contribution in [0.3, 0.4) is 0 Å². The summed E-state index contributed by atoms with van der Waals surface area (Å²) < 4.78 is 11.5. The molecule has 2 heterocycles. The monoisotopic (exact) mass is 544 g/mol. The van der Waals surface area contributed by atoms with E-state index in [-0.39, 0.29) is 6.01 Å². The van der Waals surface area contributed by atoms with Crippen LogP contribution in [0.2, 0.25) is 10.0 Å². The summed E-state index contributed by atoms with van der Waals surface area (Å²) in [6, 6.07) is 14.4. The Balaban J connectivity index is 1.08. The lowest BCUT2D eigenvalue weighted by Gasteiger charge is -2.32. The lowest BCUT2D eigenvalue weighted by molar-refractivity contribution is 0.190. The van der Waals surface area contributed by atoms with Crippen LogP contribution in [0.5, 0.6) is 5.75 Å². The number of aromatic nitrogens is 2. The molecule has 0 aliphatic carbocycles. The Morgan fingerprint density at radius 3 is 2.59 bits per heavy atom. The number of nitrogens with one attached hydrogen (secondary N) is 1. The van der Waals surface area contributed by atoms with Gasteiger partial charge in [0.05, 0.1) is 23.0 Å². The Morgan fingerprint density at radius 2 is 1.86 bits per heavy atom. The van der Waals surface area contributed by atoms with Crippen molar-refractivity contribution in [3.63, 3.8) is 0 Å². The van der Waals surface area contributed by atoms with E-state index in [2.05, 4.69) is 31.5 Å². The Bertz CT molecular complexity index is 1140. The molecule has 0 atom stereocenters. The van der Waals surface area contributed by atoms with E-state index >= 15 is 0 Å². The van der Waals surface area contributed by atoms with Gasteiger partial charge >= 0.3 is 6.01 Å². The van der Waals surface area contributed by atoms with Gasteiger partial charge in [-0.25, -0.2) is 0 Å². The molecule has 1 aromatic heterocycles. The summed E-state index contributed by atoms with van der Waals surface area (Å²) in [7, 11) is 3.75. The van der Waals surface area contributed by atoms with E-state index in [1.54, 1.807) is 11.2 Å². The minimum absolute atomic E-state index is 0.228. The number of hydrogen-bond acceptors (Lipinski definition) is 7. The first kappa shape index (κ1) is 27.4. The fourth-order valence-electron chi connectivity index (χ4n) is 4.16. The predicted octanol–water partition coefficient (Wildman–Crippen LogP) is 5.68. The number of hydrogen-bond donors (Lipinski definition) is 1. The maximum Gasteiger partial charge on any atom is 0.344 e. The minimum Gasteiger partial charge on any atom is -0.494 e. The number of piperidine rings is 1. The van der Waals surface area contributed by atoms with Gasteiger partial charge in [-0.3, -0.25) is 4.90 Å². The summed E-state index contributed by atoms with van der Waals surface area (Å²) in [5.74, 6) is 1.26. The number of benzene rings is 2. The Kier molecular flexibility index (Phi) is 10.2. The molecular formula is C27H34Cl2N6O2. The van der Waals surface area contributed by atoms with Gasteiger partial charge in [0.2, 0.25) is 5.89 Å². The zero-order valence-corrected chi connectivity index (χ0v) is 22.9.